The molecule has 0 fully saturated rings. The summed E-state index contributed by atoms with van der Waals surface area (Å²) in [7, 11) is -3.47. The van der Waals surface area contributed by atoms with Gasteiger partial charge in [-0.3, -0.25) is 4.79 Å². The van der Waals surface area contributed by atoms with Crippen LogP contribution in [0.3, 0.4) is 0 Å². The molecule has 0 saturated carbocycles. The number of sulfone groups is 1. The van der Waals surface area contributed by atoms with Gasteiger partial charge in [-0.05, 0) is 61.0 Å². The fourth-order valence-corrected chi connectivity index (χ4v) is 3.85. The zero-order valence-corrected chi connectivity index (χ0v) is 17.7. The number of aryl methyl sites for hydroxylation is 1. The van der Waals surface area contributed by atoms with Gasteiger partial charge in [0.05, 0.1) is 15.5 Å². The quantitative estimate of drug-likeness (QED) is 0.476. The Morgan fingerprint density at radius 1 is 1.07 bits per heavy atom. The first-order valence-corrected chi connectivity index (χ1v) is 11.3. The zero-order chi connectivity index (χ0) is 21.5. The number of hydrogen-bond acceptors (Lipinski definition) is 5. The third-order valence-corrected chi connectivity index (χ3v) is 5.96. The summed E-state index contributed by atoms with van der Waals surface area (Å²) in [5.41, 5.74) is 3.77. The van der Waals surface area contributed by atoms with Crippen molar-refractivity contribution in [3.05, 3.63) is 76.8 Å². The number of benzene rings is 3. The fourth-order valence-electron chi connectivity index (χ4n) is 3.00. The van der Waals surface area contributed by atoms with Gasteiger partial charge in [0.15, 0.2) is 15.4 Å². The number of hydrogen-bond donors (Lipinski definition) is 1. The van der Waals surface area contributed by atoms with Crippen LogP contribution < -0.4 is 5.32 Å². The van der Waals surface area contributed by atoms with Crippen LogP contribution in [0, 0.1) is 6.92 Å². The van der Waals surface area contributed by atoms with Crippen LogP contribution in [-0.2, 0) is 9.84 Å². The number of halogens is 1. The summed E-state index contributed by atoms with van der Waals surface area (Å²) in [4.78, 5) is 17.2. The standard InChI is InChI=1S/C22H17ClN2O4S/c1-13-6-9-20-19(10-13)25-22(29-20)14-4-3-5-15(11-14)24-21(26)17-12-16(30(2,27)28)7-8-18(17)23/h3-12H,1-2H3,(H,24,26). The molecule has 0 spiro atoms. The monoisotopic (exact) mass is 440 g/mol. The van der Waals surface area contributed by atoms with Gasteiger partial charge in [-0.25, -0.2) is 13.4 Å². The minimum Gasteiger partial charge on any atom is -0.436 e. The van der Waals surface area contributed by atoms with Crippen LogP contribution in [-0.4, -0.2) is 25.6 Å². The first-order chi connectivity index (χ1) is 14.2. The summed E-state index contributed by atoms with van der Waals surface area (Å²) in [5.74, 6) is -0.0837. The molecule has 30 heavy (non-hydrogen) atoms. The van der Waals surface area contributed by atoms with E-state index in [0.717, 1.165) is 17.3 Å². The third kappa shape index (κ3) is 4.08. The van der Waals surface area contributed by atoms with Crippen LogP contribution in [0.2, 0.25) is 5.02 Å². The lowest BCUT2D eigenvalue weighted by Gasteiger charge is -2.09. The second kappa shape index (κ2) is 7.59. The molecule has 4 rings (SSSR count). The average molecular weight is 441 g/mol. The van der Waals surface area contributed by atoms with Gasteiger partial charge in [-0.2, -0.15) is 0 Å². The van der Waals surface area contributed by atoms with Crippen LogP contribution >= 0.6 is 11.6 Å². The molecule has 152 valence electrons. The van der Waals surface area contributed by atoms with E-state index in [1.165, 1.54) is 18.2 Å². The molecule has 8 heteroatoms. The molecule has 0 aliphatic carbocycles. The smallest absolute Gasteiger partial charge is 0.257 e. The molecule has 6 nitrogen and oxygen atoms in total. The van der Waals surface area contributed by atoms with E-state index in [0.29, 0.717) is 22.7 Å². The summed E-state index contributed by atoms with van der Waals surface area (Å²) < 4.78 is 29.4. The maximum absolute atomic E-state index is 12.7. The molecular weight excluding hydrogens is 424 g/mol. The predicted molar refractivity (Wildman–Crippen MR) is 117 cm³/mol. The number of carbonyl (C=O) groups excluding carboxylic acids is 1. The van der Waals surface area contributed by atoms with Gasteiger partial charge < -0.3 is 9.73 Å². The van der Waals surface area contributed by atoms with Crippen molar-refractivity contribution in [2.24, 2.45) is 0 Å². The Hall–Kier alpha value is -3.16. The Morgan fingerprint density at radius 2 is 1.87 bits per heavy atom. The first kappa shape index (κ1) is 20.1. The Kier molecular flexibility index (Phi) is 5.09. The van der Waals surface area contributed by atoms with Crippen molar-refractivity contribution in [1.29, 1.82) is 0 Å². The van der Waals surface area contributed by atoms with E-state index in [2.05, 4.69) is 10.3 Å². The summed E-state index contributed by atoms with van der Waals surface area (Å²) in [6.45, 7) is 1.98. The Balaban J connectivity index is 1.64. The number of rotatable bonds is 4. The molecule has 0 bridgehead atoms. The number of fused-ring (bicyclic) bond motifs is 1. The van der Waals surface area contributed by atoms with E-state index in [1.54, 1.807) is 18.2 Å². The molecule has 0 unspecified atom stereocenters. The number of aromatic nitrogens is 1. The Bertz CT molecular complexity index is 1390. The summed E-state index contributed by atoms with van der Waals surface area (Å²) >= 11 is 6.11. The minimum atomic E-state index is -3.47. The summed E-state index contributed by atoms with van der Waals surface area (Å²) in [6.07, 6.45) is 1.07. The molecular formula is C22H17ClN2O4S. The topological polar surface area (TPSA) is 89.3 Å². The highest BCUT2D eigenvalue weighted by Crippen LogP contribution is 2.27. The summed E-state index contributed by atoms with van der Waals surface area (Å²) in [5, 5.41) is 2.90. The zero-order valence-electron chi connectivity index (χ0n) is 16.1. The van der Waals surface area contributed by atoms with Crippen molar-refractivity contribution in [2.45, 2.75) is 11.8 Å². The highest BCUT2D eigenvalue weighted by molar-refractivity contribution is 7.90. The van der Waals surface area contributed by atoms with E-state index in [9.17, 15) is 13.2 Å². The molecule has 4 aromatic rings. The van der Waals surface area contributed by atoms with E-state index in [-0.39, 0.29) is 15.5 Å². The highest BCUT2D eigenvalue weighted by Gasteiger charge is 2.16. The van der Waals surface area contributed by atoms with Crippen LogP contribution in [0.4, 0.5) is 5.69 Å². The lowest BCUT2D eigenvalue weighted by molar-refractivity contribution is 0.102. The molecule has 1 aromatic heterocycles. The lowest BCUT2D eigenvalue weighted by Crippen LogP contribution is -2.13. The number of oxazole rings is 1. The van der Waals surface area contributed by atoms with Crippen molar-refractivity contribution in [3.8, 4) is 11.5 Å². The average Bonchev–Trinajstić information content (AvgIpc) is 3.11. The second-order valence-corrected chi connectivity index (χ2v) is 9.36. The fraction of sp³-hybridized carbons (Fsp3) is 0.0909. The Labute approximate surface area is 178 Å². The van der Waals surface area contributed by atoms with Crippen molar-refractivity contribution >= 4 is 44.1 Å². The van der Waals surface area contributed by atoms with E-state index in [4.69, 9.17) is 16.0 Å². The molecule has 0 atom stereocenters. The maximum Gasteiger partial charge on any atom is 0.257 e. The van der Waals surface area contributed by atoms with Gasteiger partial charge in [0.1, 0.15) is 5.52 Å². The highest BCUT2D eigenvalue weighted by atomic mass is 35.5. The second-order valence-electron chi connectivity index (χ2n) is 6.94. The molecule has 0 radical (unpaired) electrons. The number of nitrogens with one attached hydrogen (secondary N) is 1. The number of anilines is 1. The third-order valence-electron chi connectivity index (χ3n) is 4.52. The SMILES string of the molecule is Cc1ccc2oc(-c3cccc(NC(=O)c4cc(S(C)(=O)=O)ccc4Cl)c3)nc2c1. The van der Waals surface area contributed by atoms with Crippen molar-refractivity contribution in [2.75, 3.05) is 11.6 Å². The van der Waals surface area contributed by atoms with Crippen LogP contribution in [0.5, 0.6) is 0 Å². The van der Waals surface area contributed by atoms with Crippen molar-refractivity contribution in [3.63, 3.8) is 0 Å². The van der Waals surface area contributed by atoms with Gasteiger partial charge >= 0.3 is 0 Å². The van der Waals surface area contributed by atoms with Crippen LogP contribution in [0.25, 0.3) is 22.6 Å². The first-order valence-electron chi connectivity index (χ1n) is 8.99. The molecule has 0 saturated heterocycles. The Morgan fingerprint density at radius 3 is 2.63 bits per heavy atom. The van der Waals surface area contributed by atoms with Gasteiger partial charge in [0.2, 0.25) is 5.89 Å². The molecule has 3 aromatic carbocycles. The van der Waals surface area contributed by atoms with Gasteiger partial charge in [0, 0.05) is 17.5 Å². The largest absolute Gasteiger partial charge is 0.436 e. The normalized spacial score (nSPS) is 11.6. The van der Waals surface area contributed by atoms with Crippen LogP contribution in [0.15, 0.2) is 70.0 Å². The summed E-state index contributed by atoms with van der Waals surface area (Å²) in [6, 6.07) is 16.8. The molecule has 0 aliphatic heterocycles. The van der Waals surface area contributed by atoms with Gasteiger partial charge in [0.25, 0.3) is 5.91 Å². The molecule has 1 amide bonds. The van der Waals surface area contributed by atoms with E-state index < -0.39 is 15.7 Å². The predicted octanol–water partition coefficient (Wildman–Crippen LogP) is 5.11. The minimum absolute atomic E-state index is 0.0209. The van der Waals surface area contributed by atoms with E-state index in [1.807, 2.05) is 31.2 Å². The van der Waals surface area contributed by atoms with Gasteiger partial charge in [-0.15, -0.1) is 0 Å². The van der Waals surface area contributed by atoms with E-state index >= 15 is 0 Å². The number of amides is 1. The molecule has 1 N–H and O–H groups in total. The van der Waals surface area contributed by atoms with Gasteiger partial charge in [-0.1, -0.05) is 23.7 Å². The maximum atomic E-state index is 12.7. The van der Waals surface area contributed by atoms with Crippen molar-refractivity contribution in [1.82, 2.24) is 4.98 Å². The van der Waals surface area contributed by atoms with Crippen LogP contribution in [0.1, 0.15) is 15.9 Å². The molecule has 0 aliphatic rings. The number of nitrogens with zero attached hydrogens (tertiary/aromatic N) is 1. The molecule has 1 heterocycles. The lowest BCUT2D eigenvalue weighted by atomic mass is 10.1. The van der Waals surface area contributed by atoms with Crippen molar-refractivity contribution < 1.29 is 17.6 Å². The number of carbonyl (C=O) groups is 1.